The molecule has 0 saturated carbocycles. The number of para-hydroxylation sites is 1. The van der Waals surface area contributed by atoms with E-state index in [2.05, 4.69) is 17.1 Å². The maximum absolute atomic E-state index is 12.2. The summed E-state index contributed by atoms with van der Waals surface area (Å²) in [6.07, 6.45) is 0.883. The normalized spacial score (nSPS) is 16.2. The molecule has 3 N–H and O–H groups in total. The molecule has 1 heterocycles. The summed E-state index contributed by atoms with van der Waals surface area (Å²) in [6, 6.07) is 7.38. The summed E-state index contributed by atoms with van der Waals surface area (Å²) in [5.74, 6) is -0.0381. The van der Waals surface area contributed by atoms with E-state index in [1.807, 2.05) is 24.3 Å². The Morgan fingerprint density at radius 1 is 1.21 bits per heavy atom. The summed E-state index contributed by atoms with van der Waals surface area (Å²) in [4.78, 5) is 27.9. The molecule has 1 aliphatic rings. The largest absolute Gasteiger partial charge is 0.339 e. The minimum atomic E-state index is -0.463. The van der Waals surface area contributed by atoms with Gasteiger partial charge < -0.3 is 16.0 Å². The molecule has 0 spiro atoms. The second kappa shape index (κ2) is 9.61. The summed E-state index contributed by atoms with van der Waals surface area (Å²) in [7, 11) is 0. The highest BCUT2D eigenvalue weighted by Gasteiger charge is 2.24. The molecule has 1 saturated heterocycles. The molecule has 1 aromatic carbocycles. The van der Waals surface area contributed by atoms with Gasteiger partial charge in [0, 0.05) is 31.9 Å². The molecule has 7 heteroatoms. The minimum absolute atomic E-state index is 0. The number of piperazine rings is 1. The van der Waals surface area contributed by atoms with Gasteiger partial charge >= 0.3 is 0 Å². The number of nitrogens with zero attached hydrogens (tertiary/aromatic N) is 2. The lowest BCUT2D eigenvalue weighted by molar-refractivity contribution is -0.134. The van der Waals surface area contributed by atoms with Crippen LogP contribution in [0.5, 0.6) is 0 Å². The SMILES string of the molecule is CCc1ccccc1NC(=O)CN1CCN(C(=O)C(C)N)CC1.Cl. The molecule has 0 aromatic heterocycles. The number of nitrogens with one attached hydrogen (secondary N) is 1. The third-order valence-electron chi connectivity index (χ3n) is 4.11. The second-order valence-corrected chi connectivity index (χ2v) is 5.95. The molecule has 2 rings (SSSR count). The van der Waals surface area contributed by atoms with Gasteiger partial charge in [0.05, 0.1) is 12.6 Å². The Kier molecular flexibility index (Phi) is 8.18. The zero-order valence-corrected chi connectivity index (χ0v) is 15.1. The van der Waals surface area contributed by atoms with Gasteiger partial charge in [0.25, 0.3) is 0 Å². The first-order chi connectivity index (χ1) is 11.0. The van der Waals surface area contributed by atoms with Gasteiger partial charge in [-0.05, 0) is 25.0 Å². The van der Waals surface area contributed by atoms with E-state index in [4.69, 9.17) is 5.73 Å². The Labute approximate surface area is 149 Å². The number of anilines is 1. The quantitative estimate of drug-likeness (QED) is 0.830. The number of hydrogen-bond donors (Lipinski definition) is 2. The van der Waals surface area contributed by atoms with Crippen molar-refractivity contribution in [1.82, 2.24) is 9.80 Å². The Bertz CT molecular complexity index is 557. The molecule has 1 fully saturated rings. The van der Waals surface area contributed by atoms with Crippen LogP contribution >= 0.6 is 12.4 Å². The number of benzene rings is 1. The summed E-state index contributed by atoms with van der Waals surface area (Å²) in [6.45, 7) is 6.76. The van der Waals surface area contributed by atoms with Crippen LogP contribution < -0.4 is 11.1 Å². The van der Waals surface area contributed by atoms with Crippen LogP contribution in [0.3, 0.4) is 0 Å². The molecule has 1 aliphatic heterocycles. The fourth-order valence-corrected chi connectivity index (χ4v) is 2.76. The van der Waals surface area contributed by atoms with Crippen molar-refractivity contribution in [3.05, 3.63) is 29.8 Å². The van der Waals surface area contributed by atoms with Gasteiger partial charge in [0.1, 0.15) is 0 Å². The Hall–Kier alpha value is -1.63. The van der Waals surface area contributed by atoms with Gasteiger partial charge in [-0.2, -0.15) is 0 Å². The van der Waals surface area contributed by atoms with E-state index >= 15 is 0 Å². The third kappa shape index (κ3) is 5.47. The van der Waals surface area contributed by atoms with Crippen molar-refractivity contribution in [2.75, 3.05) is 38.0 Å². The average Bonchev–Trinajstić information content (AvgIpc) is 2.55. The van der Waals surface area contributed by atoms with Crippen molar-refractivity contribution in [3.63, 3.8) is 0 Å². The van der Waals surface area contributed by atoms with Crippen LogP contribution in [-0.2, 0) is 16.0 Å². The fraction of sp³-hybridized carbons (Fsp3) is 0.529. The van der Waals surface area contributed by atoms with Crippen molar-refractivity contribution in [2.24, 2.45) is 5.73 Å². The van der Waals surface area contributed by atoms with Gasteiger partial charge in [-0.1, -0.05) is 25.1 Å². The Morgan fingerprint density at radius 2 is 1.83 bits per heavy atom. The zero-order chi connectivity index (χ0) is 16.8. The topological polar surface area (TPSA) is 78.7 Å². The van der Waals surface area contributed by atoms with Crippen LogP contribution in [0.25, 0.3) is 0 Å². The van der Waals surface area contributed by atoms with Crippen LogP contribution in [0.4, 0.5) is 5.69 Å². The standard InChI is InChI=1S/C17H26N4O2.ClH/c1-3-14-6-4-5-7-15(14)19-16(22)12-20-8-10-21(11-9-20)17(23)13(2)18;/h4-7,13H,3,8-12,18H2,1-2H3,(H,19,22);1H. The predicted molar refractivity (Wildman–Crippen MR) is 98.4 cm³/mol. The number of aryl methyl sites for hydroxylation is 1. The van der Waals surface area contributed by atoms with Crippen LogP contribution in [0.15, 0.2) is 24.3 Å². The number of rotatable bonds is 5. The summed E-state index contributed by atoms with van der Waals surface area (Å²) in [5, 5.41) is 2.98. The average molecular weight is 355 g/mol. The highest BCUT2D eigenvalue weighted by atomic mass is 35.5. The van der Waals surface area contributed by atoms with E-state index in [1.165, 1.54) is 0 Å². The highest BCUT2D eigenvalue weighted by molar-refractivity contribution is 5.93. The molecule has 0 bridgehead atoms. The van der Waals surface area contributed by atoms with E-state index in [0.29, 0.717) is 32.7 Å². The maximum atomic E-state index is 12.2. The molecule has 0 aliphatic carbocycles. The van der Waals surface area contributed by atoms with Crippen LogP contribution in [-0.4, -0.2) is 60.4 Å². The highest BCUT2D eigenvalue weighted by Crippen LogP contribution is 2.15. The number of hydrogen-bond acceptors (Lipinski definition) is 4. The second-order valence-electron chi connectivity index (χ2n) is 5.95. The number of nitrogens with two attached hydrogens (primary N) is 1. The molecule has 0 radical (unpaired) electrons. The summed E-state index contributed by atoms with van der Waals surface area (Å²) in [5.41, 5.74) is 7.64. The van der Waals surface area contributed by atoms with Gasteiger partial charge in [0.15, 0.2) is 0 Å². The van der Waals surface area contributed by atoms with E-state index < -0.39 is 6.04 Å². The minimum Gasteiger partial charge on any atom is -0.339 e. The van der Waals surface area contributed by atoms with Crippen LogP contribution in [0.1, 0.15) is 19.4 Å². The molecule has 134 valence electrons. The smallest absolute Gasteiger partial charge is 0.239 e. The Morgan fingerprint density at radius 3 is 2.42 bits per heavy atom. The molecule has 6 nitrogen and oxygen atoms in total. The van der Waals surface area contributed by atoms with Crippen molar-refractivity contribution < 1.29 is 9.59 Å². The van der Waals surface area contributed by atoms with E-state index in [1.54, 1.807) is 11.8 Å². The first kappa shape index (κ1) is 20.4. The number of carbonyl (C=O) groups excluding carboxylic acids is 2. The number of halogens is 1. The molecular formula is C17H27ClN4O2. The van der Waals surface area contributed by atoms with Gasteiger partial charge in [-0.15, -0.1) is 12.4 Å². The van der Waals surface area contributed by atoms with Crippen LogP contribution in [0.2, 0.25) is 0 Å². The van der Waals surface area contributed by atoms with E-state index in [-0.39, 0.29) is 24.2 Å². The van der Waals surface area contributed by atoms with Crippen molar-refractivity contribution in [3.8, 4) is 0 Å². The third-order valence-corrected chi connectivity index (χ3v) is 4.11. The maximum Gasteiger partial charge on any atom is 0.239 e. The zero-order valence-electron chi connectivity index (χ0n) is 14.3. The number of carbonyl (C=O) groups is 2. The predicted octanol–water partition coefficient (Wildman–Crippen LogP) is 1.10. The molecule has 2 amide bonds. The van der Waals surface area contributed by atoms with Gasteiger partial charge in [-0.25, -0.2) is 0 Å². The molecule has 1 unspecified atom stereocenters. The number of amides is 2. The first-order valence-electron chi connectivity index (χ1n) is 8.15. The first-order valence-corrected chi connectivity index (χ1v) is 8.15. The Balaban J connectivity index is 0.00000288. The molecule has 1 atom stereocenters. The lowest BCUT2D eigenvalue weighted by Gasteiger charge is -2.35. The lowest BCUT2D eigenvalue weighted by Crippen LogP contribution is -2.53. The van der Waals surface area contributed by atoms with Crippen molar-refractivity contribution >= 4 is 29.9 Å². The molecular weight excluding hydrogens is 328 g/mol. The van der Waals surface area contributed by atoms with Crippen molar-refractivity contribution in [1.29, 1.82) is 0 Å². The summed E-state index contributed by atoms with van der Waals surface area (Å²) < 4.78 is 0. The lowest BCUT2D eigenvalue weighted by atomic mass is 10.1. The molecule has 24 heavy (non-hydrogen) atoms. The van der Waals surface area contributed by atoms with E-state index in [0.717, 1.165) is 17.7 Å². The van der Waals surface area contributed by atoms with E-state index in [9.17, 15) is 9.59 Å². The van der Waals surface area contributed by atoms with Crippen LogP contribution in [0, 0.1) is 0 Å². The summed E-state index contributed by atoms with van der Waals surface area (Å²) >= 11 is 0. The fourth-order valence-electron chi connectivity index (χ4n) is 2.76. The molecule has 1 aromatic rings. The van der Waals surface area contributed by atoms with Crippen molar-refractivity contribution in [2.45, 2.75) is 26.3 Å². The van der Waals surface area contributed by atoms with Gasteiger partial charge in [-0.3, -0.25) is 14.5 Å². The monoisotopic (exact) mass is 354 g/mol. The van der Waals surface area contributed by atoms with Gasteiger partial charge in [0.2, 0.25) is 11.8 Å².